The van der Waals surface area contributed by atoms with Crippen molar-refractivity contribution in [2.75, 3.05) is 5.32 Å². The van der Waals surface area contributed by atoms with Gasteiger partial charge in [0, 0.05) is 6.04 Å². The van der Waals surface area contributed by atoms with Gasteiger partial charge in [-0.1, -0.05) is 6.08 Å². The maximum absolute atomic E-state index is 13.4. The lowest BCUT2D eigenvalue weighted by Gasteiger charge is -2.13. The highest BCUT2D eigenvalue weighted by molar-refractivity contribution is 5.49. The van der Waals surface area contributed by atoms with E-state index in [0.29, 0.717) is 11.3 Å². The maximum atomic E-state index is 13.4. The minimum absolute atomic E-state index is 0.130. The van der Waals surface area contributed by atoms with Crippen LogP contribution in [0.15, 0.2) is 30.9 Å². The summed E-state index contributed by atoms with van der Waals surface area (Å²) in [7, 11) is 0. The Morgan fingerprint density at radius 1 is 1.67 bits per heavy atom. The zero-order valence-corrected chi connectivity index (χ0v) is 8.63. The molecule has 78 valence electrons. The van der Waals surface area contributed by atoms with Gasteiger partial charge in [0.25, 0.3) is 0 Å². The fraction of sp³-hybridized carbons (Fsp3) is 0.250. The van der Waals surface area contributed by atoms with Gasteiger partial charge >= 0.3 is 0 Å². The van der Waals surface area contributed by atoms with Crippen LogP contribution < -0.4 is 5.32 Å². The molecule has 1 rings (SSSR count). The van der Waals surface area contributed by atoms with Crippen LogP contribution in [0.2, 0.25) is 0 Å². The molecule has 0 spiro atoms. The molecule has 0 radical (unpaired) electrons. The lowest BCUT2D eigenvalue weighted by atomic mass is 10.2. The van der Waals surface area contributed by atoms with Gasteiger partial charge in [0.05, 0.1) is 17.3 Å². The van der Waals surface area contributed by atoms with Crippen LogP contribution in [0.1, 0.15) is 18.9 Å². The van der Waals surface area contributed by atoms with E-state index in [4.69, 9.17) is 5.26 Å². The molecule has 0 fully saturated rings. The van der Waals surface area contributed by atoms with E-state index in [1.807, 2.05) is 13.0 Å². The number of nitrogens with one attached hydrogen (secondary N) is 1. The first kappa shape index (κ1) is 11.3. The normalized spacial score (nSPS) is 11.5. The van der Waals surface area contributed by atoms with E-state index in [9.17, 15) is 4.39 Å². The summed E-state index contributed by atoms with van der Waals surface area (Å²) in [6.45, 7) is 5.56. The molecule has 1 aromatic carbocycles. The Morgan fingerprint density at radius 2 is 2.40 bits per heavy atom. The van der Waals surface area contributed by atoms with Gasteiger partial charge in [0.15, 0.2) is 0 Å². The number of rotatable bonds is 4. The molecule has 0 bridgehead atoms. The molecule has 0 aliphatic carbocycles. The Hall–Kier alpha value is -1.82. The number of benzene rings is 1. The van der Waals surface area contributed by atoms with Gasteiger partial charge in [-0.05, 0) is 31.5 Å². The Bertz CT molecular complexity index is 393. The molecule has 0 aromatic heterocycles. The Labute approximate surface area is 89.0 Å². The zero-order chi connectivity index (χ0) is 11.3. The summed E-state index contributed by atoms with van der Waals surface area (Å²) in [5.74, 6) is -0.398. The topological polar surface area (TPSA) is 35.8 Å². The van der Waals surface area contributed by atoms with Crippen molar-refractivity contribution in [3.63, 3.8) is 0 Å². The second kappa shape index (κ2) is 5.16. The van der Waals surface area contributed by atoms with Crippen LogP contribution in [0.3, 0.4) is 0 Å². The van der Waals surface area contributed by atoms with Crippen LogP contribution in [-0.4, -0.2) is 6.04 Å². The van der Waals surface area contributed by atoms with Gasteiger partial charge < -0.3 is 5.32 Å². The molecule has 3 heteroatoms. The van der Waals surface area contributed by atoms with Gasteiger partial charge in [-0.25, -0.2) is 4.39 Å². The highest BCUT2D eigenvalue weighted by Crippen LogP contribution is 2.16. The smallest absolute Gasteiger partial charge is 0.147 e. The van der Waals surface area contributed by atoms with Crippen molar-refractivity contribution < 1.29 is 4.39 Å². The molecule has 0 aliphatic heterocycles. The molecule has 0 amide bonds. The molecule has 1 unspecified atom stereocenters. The largest absolute Gasteiger partial charge is 0.380 e. The Balaban J connectivity index is 2.79. The molecule has 2 nitrogen and oxygen atoms in total. The number of halogens is 1. The van der Waals surface area contributed by atoms with E-state index in [2.05, 4.69) is 11.9 Å². The summed E-state index contributed by atoms with van der Waals surface area (Å²) in [6, 6.07) is 6.41. The van der Waals surface area contributed by atoms with E-state index in [1.54, 1.807) is 18.2 Å². The van der Waals surface area contributed by atoms with E-state index in [-0.39, 0.29) is 6.04 Å². The standard InChI is InChI=1S/C12H13FN2/c1-3-4-9(2)15-12-6-5-10(8-14)7-11(12)13/h3,5-7,9,15H,1,4H2,2H3. The minimum Gasteiger partial charge on any atom is -0.380 e. The van der Waals surface area contributed by atoms with E-state index >= 15 is 0 Å². The lowest BCUT2D eigenvalue weighted by molar-refractivity contribution is 0.626. The number of hydrogen-bond donors (Lipinski definition) is 1. The van der Waals surface area contributed by atoms with Crippen LogP contribution >= 0.6 is 0 Å². The molecular formula is C12H13FN2. The second-order valence-electron chi connectivity index (χ2n) is 3.38. The Kier molecular flexibility index (Phi) is 3.87. The minimum atomic E-state index is -0.398. The summed E-state index contributed by atoms with van der Waals surface area (Å²) in [4.78, 5) is 0. The first-order valence-corrected chi connectivity index (χ1v) is 4.74. The highest BCUT2D eigenvalue weighted by atomic mass is 19.1. The first-order valence-electron chi connectivity index (χ1n) is 4.74. The van der Waals surface area contributed by atoms with Gasteiger partial charge in [-0.2, -0.15) is 5.26 Å². The third-order valence-corrected chi connectivity index (χ3v) is 2.02. The summed E-state index contributed by atoms with van der Waals surface area (Å²) >= 11 is 0. The number of hydrogen-bond acceptors (Lipinski definition) is 2. The number of nitriles is 1. The highest BCUT2D eigenvalue weighted by Gasteiger charge is 2.05. The molecule has 15 heavy (non-hydrogen) atoms. The lowest BCUT2D eigenvalue weighted by Crippen LogP contribution is -2.14. The molecule has 0 aliphatic rings. The fourth-order valence-electron chi connectivity index (χ4n) is 1.28. The van der Waals surface area contributed by atoms with Crippen molar-refractivity contribution in [2.24, 2.45) is 0 Å². The summed E-state index contributed by atoms with van der Waals surface area (Å²) < 4.78 is 13.4. The molecule has 1 N–H and O–H groups in total. The number of nitrogens with zero attached hydrogens (tertiary/aromatic N) is 1. The summed E-state index contributed by atoms with van der Waals surface area (Å²) in [6.07, 6.45) is 2.54. The third kappa shape index (κ3) is 3.10. The molecular weight excluding hydrogens is 191 g/mol. The molecule has 1 atom stereocenters. The van der Waals surface area contributed by atoms with Gasteiger partial charge in [0.2, 0.25) is 0 Å². The molecule has 1 aromatic rings. The van der Waals surface area contributed by atoms with Crippen molar-refractivity contribution in [3.05, 3.63) is 42.2 Å². The van der Waals surface area contributed by atoms with E-state index in [0.717, 1.165) is 6.42 Å². The predicted octanol–water partition coefficient (Wildman–Crippen LogP) is 3.07. The van der Waals surface area contributed by atoms with Gasteiger partial charge in [0.1, 0.15) is 5.82 Å². The first-order chi connectivity index (χ1) is 7.17. The van der Waals surface area contributed by atoms with Crippen molar-refractivity contribution in [1.82, 2.24) is 0 Å². The zero-order valence-electron chi connectivity index (χ0n) is 8.63. The van der Waals surface area contributed by atoms with Crippen LogP contribution in [-0.2, 0) is 0 Å². The average molecular weight is 204 g/mol. The predicted molar refractivity (Wildman–Crippen MR) is 59.0 cm³/mol. The Morgan fingerprint density at radius 3 is 2.93 bits per heavy atom. The SMILES string of the molecule is C=CCC(C)Nc1ccc(C#N)cc1F. The van der Waals surface area contributed by atoms with Crippen molar-refractivity contribution >= 4 is 5.69 Å². The maximum Gasteiger partial charge on any atom is 0.147 e. The van der Waals surface area contributed by atoms with Gasteiger partial charge in [-0.3, -0.25) is 0 Å². The quantitative estimate of drug-likeness (QED) is 0.765. The fourth-order valence-corrected chi connectivity index (χ4v) is 1.28. The molecule has 0 heterocycles. The summed E-state index contributed by atoms with van der Waals surface area (Å²) in [5, 5.41) is 11.6. The van der Waals surface area contributed by atoms with Gasteiger partial charge in [-0.15, -0.1) is 6.58 Å². The second-order valence-corrected chi connectivity index (χ2v) is 3.38. The van der Waals surface area contributed by atoms with Crippen LogP contribution in [0.4, 0.5) is 10.1 Å². The molecule has 0 saturated heterocycles. The molecule has 0 saturated carbocycles. The van der Waals surface area contributed by atoms with Crippen LogP contribution in [0.25, 0.3) is 0 Å². The van der Waals surface area contributed by atoms with Crippen molar-refractivity contribution in [3.8, 4) is 6.07 Å². The summed E-state index contributed by atoms with van der Waals surface area (Å²) in [5.41, 5.74) is 0.748. The van der Waals surface area contributed by atoms with Crippen molar-refractivity contribution in [1.29, 1.82) is 5.26 Å². The average Bonchev–Trinajstić information content (AvgIpc) is 2.21. The van der Waals surface area contributed by atoms with Crippen LogP contribution in [0, 0.1) is 17.1 Å². The van der Waals surface area contributed by atoms with Crippen LogP contribution in [0.5, 0.6) is 0 Å². The van der Waals surface area contributed by atoms with E-state index in [1.165, 1.54) is 6.07 Å². The monoisotopic (exact) mass is 204 g/mol. The van der Waals surface area contributed by atoms with E-state index < -0.39 is 5.82 Å². The van der Waals surface area contributed by atoms with Crippen molar-refractivity contribution in [2.45, 2.75) is 19.4 Å². The number of anilines is 1. The third-order valence-electron chi connectivity index (χ3n) is 2.02.